The number of hydrogen-bond donors (Lipinski definition) is 2. The number of primary amides is 1. The van der Waals surface area contributed by atoms with E-state index in [4.69, 9.17) is 10.5 Å². The van der Waals surface area contributed by atoms with Crippen LogP contribution in [0.4, 0.5) is 0 Å². The van der Waals surface area contributed by atoms with Crippen molar-refractivity contribution in [2.45, 2.75) is 32.9 Å². The summed E-state index contributed by atoms with van der Waals surface area (Å²) in [5, 5.41) is 3.34. The second kappa shape index (κ2) is 6.91. The van der Waals surface area contributed by atoms with E-state index in [2.05, 4.69) is 19.2 Å². The van der Waals surface area contributed by atoms with E-state index in [1.54, 1.807) is 0 Å². The molecule has 0 radical (unpaired) electrons. The van der Waals surface area contributed by atoms with Crippen molar-refractivity contribution >= 4 is 5.91 Å². The fourth-order valence-electron chi connectivity index (χ4n) is 1.29. The van der Waals surface area contributed by atoms with Gasteiger partial charge in [-0.3, -0.25) is 4.79 Å². The summed E-state index contributed by atoms with van der Waals surface area (Å²) in [5.41, 5.74) is 6.23. The van der Waals surface area contributed by atoms with Crippen LogP contribution in [-0.4, -0.2) is 18.6 Å². The average Bonchev–Trinajstić information content (AvgIpc) is 2.27. The predicted octanol–water partition coefficient (Wildman–Crippen LogP) is 1.44. The maximum absolute atomic E-state index is 10.5. The van der Waals surface area contributed by atoms with Crippen molar-refractivity contribution < 1.29 is 9.53 Å². The van der Waals surface area contributed by atoms with Crippen LogP contribution in [0, 0.1) is 0 Å². The molecule has 0 saturated carbocycles. The first-order valence-corrected chi connectivity index (χ1v) is 5.81. The minimum atomic E-state index is -0.345. The van der Waals surface area contributed by atoms with Crippen LogP contribution in [0.1, 0.15) is 25.8 Å². The lowest BCUT2D eigenvalue weighted by molar-refractivity contribution is -0.118. The van der Waals surface area contributed by atoms with Crippen molar-refractivity contribution in [2.75, 3.05) is 6.61 Å². The fraction of sp³-hybridized carbons (Fsp3) is 0.462. The summed E-state index contributed by atoms with van der Waals surface area (Å²) in [4.78, 5) is 10.5. The van der Waals surface area contributed by atoms with E-state index in [-0.39, 0.29) is 12.3 Å². The number of nitrogens with one attached hydrogen (secondary N) is 1. The van der Waals surface area contributed by atoms with Crippen LogP contribution in [-0.2, 0) is 11.3 Å². The van der Waals surface area contributed by atoms with E-state index < -0.39 is 0 Å². The van der Waals surface area contributed by atoms with Gasteiger partial charge in [0.15, 0.2) is 0 Å². The molecule has 1 rings (SSSR count). The van der Waals surface area contributed by atoms with Crippen LogP contribution >= 0.6 is 0 Å². The highest BCUT2D eigenvalue weighted by Crippen LogP contribution is 2.12. The molecule has 4 nitrogen and oxygen atoms in total. The second-order valence-electron chi connectivity index (χ2n) is 4.24. The number of carbonyl (C=O) groups excluding carboxylic acids is 1. The minimum absolute atomic E-state index is 0.247. The number of benzene rings is 1. The first-order chi connectivity index (χ1) is 8.08. The molecule has 1 amide bonds. The van der Waals surface area contributed by atoms with E-state index in [1.807, 2.05) is 24.3 Å². The van der Waals surface area contributed by atoms with Gasteiger partial charge in [0.2, 0.25) is 5.91 Å². The summed E-state index contributed by atoms with van der Waals surface area (Å²) < 4.78 is 5.38. The van der Waals surface area contributed by atoms with Gasteiger partial charge in [0, 0.05) is 12.6 Å². The van der Waals surface area contributed by atoms with Gasteiger partial charge in [-0.1, -0.05) is 26.0 Å². The van der Waals surface area contributed by atoms with Crippen LogP contribution in [0.5, 0.6) is 5.75 Å². The van der Waals surface area contributed by atoms with Gasteiger partial charge in [-0.15, -0.1) is 0 Å². The standard InChI is InChI=1S/C13H20N2O2/c1-10(2)15-9-11-3-5-12(6-4-11)17-8-7-13(14)16/h3-6,10,15H,7-9H2,1-2H3,(H2,14,16). The van der Waals surface area contributed by atoms with Gasteiger partial charge in [0.05, 0.1) is 13.0 Å². The molecular weight excluding hydrogens is 216 g/mol. The summed E-state index contributed by atoms with van der Waals surface area (Å²) in [6, 6.07) is 8.29. The summed E-state index contributed by atoms with van der Waals surface area (Å²) in [6.07, 6.45) is 0.247. The maximum atomic E-state index is 10.5. The summed E-state index contributed by atoms with van der Waals surface area (Å²) in [7, 11) is 0. The molecule has 17 heavy (non-hydrogen) atoms. The largest absolute Gasteiger partial charge is 0.493 e. The van der Waals surface area contributed by atoms with Crippen molar-refractivity contribution in [1.29, 1.82) is 0 Å². The van der Waals surface area contributed by atoms with Crippen molar-refractivity contribution in [3.63, 3.8) is 0 Å². The molecule has 0 aliphatic rings. The van der Waals surface area contributed by atoms with Crippen molar-refractivity contribution in [3.8, 4) is 5.75 Å². The van der Waals surface area contributed by atoms with E-state index in [0.29, 0.717) is 12.6 Å². The lowest BCUT2D eigenvalue weighted by Gasteiger charge is -2.09. The highest BCUT2D eigenvalue weighted by Gasteiger charge is 1.98. The smallest absolute Gasteiger partial charge is 0.220 e. The molecular formula is C13H20N2O2. The first-order valence-electron chi connectivity index (χ1n) is 5.81. The normalized spacial score (nSPS) is 10.5. The van der Waals surface area contributed by atoms with Crippen LogP contribution in [0.15, 0.2) is 24.3 Å². The molecule has 0 atom stereocenters. The van der Waals surface area contributed by atoms with Crippen LogP contribution in [0.3, 0.4) is 0 Å². The zero-order chi connectivity index (χ0) is 12.7. The molecule has 3 N–H and O–H groups in total. The highest BCUT2D eigenvalue weighted by atomic mass is 16.5. The van der Waals surface area contributed by atoms with Crippen molar-refractivity contribution in [3.05, 3.63) is 29.8 Å². The van der Waals surface area contributed by atoms with Gasteiger partial charge in [0.25, 0.3) is 0 Å². The molecule has 0 saturated heterocycles. The zero-order valence-corrected chi connectivity index (χ0v) is 10.4. The van der Waals surface area contributed by atoms with E-state index >= 15 is 0 Å². The Kier molecular flexibility index (Phi) is 5.49. The Bertz CT molecular complexity index is 347. The quantitative estimate of drug-likeness (QED) is 0.753. The molecule has 1 aromatic carbocycles. The van der Waals surface area contributed by atoms with Gasteiger partial charge in [-0.25, -0.2) is 0 Å². The Morgan fingerprint density at radius 3 is 2.53 bits per heavy atom. The Morgan fingerprint density at radius 1 is 1.35 bits per heavy atom. The minimum Gasteiger partial charge on any atom is -0.493 e. The number of rotatable bonds is 7. The topological polar surface area (TPSA) is 64.3 Å². The lowest BCUT2D eigenvalue weighted by atomic mass is 10.2. The molecule has 0 unspecified atom stereocenters. The van der Waals surface area contributed by atoms with Gasteiger partial charge in [-0.2, -0.15) is 0 Å². The first kappa shape index (κ1) is 13.5. The molecule has 0 fully saturated rings. The third-order valence-corrected chi connectivity index (χ3v) is 2.25. The van der Waals surface area contributed by atoms with Crippen LogP contribution in [0.2, 0.25) is 0 Å². The van der Waals surface area contributed by atoms with Gasteiger partial charge in [0.1, 0.15) is 5.75 Å². The summed E-state index contributed by atoms with van der Waals surface area (Å²) >= 11 is 0. The average molecular weight is 236 g/mol. The molecule has 0 spiro atoms. The third-order valence-electron chi connectivity index (χ3n) is 2.25. The predicted molar refractivity (Wildman–Crippen MR) is 67.7 cm³/mol. The van der Waals surface area contributed by atoms with E-state index in [1.165, 1.54) is 5.56 Å². The Hall–Kier alpha value is -1.55. The fourth-order valence-corrected chi connectivity index (χ4v) is 1.29. The van der Waals surface area contributed by atoms with Gasteiger partial charge < -0.3 is 15.8 Å². The summed E-state index contributed by atoms with van der Waals surface area (Å²) in [6.45, 7) is 5.40. The lowest BCUT2D eigenvalue weighted by Crippen LogP contribution is -2.21. The molecule has 0 aromatic heterocycles. The number of amides is 1. The Labute approximate surface area is 102 Å². The van der Waals surface area contributed by atoms with Gasteiger partial charge >= 0.3 is 0 Å². The number of ether oxygens (including phenoxy) is 1. The van der Waals surface area contributed by atoms with Gasteiger partial charge in [-0.05, 0) is 17.7 Å². The Morgan fingerprint density at radius 2 is 2.00 bits per heavy atom. The second-order valence-corrected chi connectivity index (χ2v) is 4.24. The molecule has 4 heteroatoms. The Balaban J connectivity index is 2.36. The number of carbonyl (C=O) groups is 1. The van der Waals surface area contributed by atoms with E-state index in [9.17, 15) is 4.79 Å². The number of hydrogen-bond acceptors (Lipinski definition) is 3. The highest BCUT2D eigenvalue weighted by molar-refractivity contribution is 5.73. The molecule has 0 heterocycles. The molecule has 1 aromatic rings. The molecule has 0 bridgehead atoms. The SMILES string of the molecule is CC(C)NCc1ccc(OCCC(N)=O)cc1. The summed E-state index contributed by atoms with van der Waals surface area (Å²) in [5.74, 6) is 0.419. The number of nitrogens with two attached hydrogens (primary N) is 1. The van der Waals surface area contributed by atoms with Crippen LogP contribution in [0.25, 0.3) is 0 Å². The van der Waals surface area contributed by atoms with Crippen LogP contribution < -0.4 is 15.8 Å². The van der Waals surface area contributed by atoms with E-state index in [0.717, 1.165) is 12.3 Å². The molecule has 0 aliphatic heterocycles. The maximum Gasteiger partial charge on any atom is 0.220 e. The molecule has 0 aliphatic carbocycles. The van der Waals surface area contributed by atoms with Crippen molar-refractivity contribution in [1.82, 2.24) is 5.32 Å². The zero-order valence-electron chi connectivity index (χ0n) is 10.4. The molecule has 94 valence electrons. The monoisotopic (exact) mass is 236 g/mol. The third kappa shape index (κ3) is 5.92. The van der Waals surface area contributed by atoms with Crippen molar-refractivity contribution in [2.24, 2.45) is 5.73 Å².